The molecule has 0 amide bonds. The average Bonchev–Trinajstić information content (AvgIpc) is 2.90. The van der Waals surface area contributed by atoms with Gasteiger partial charge in [-0.05, 0) is 32.8 Å². The normalized spacial score (nSPS) is 15.6. The van der Waals surface area contributed by atoms with Gasteiger partial charge in [0.05, 0.1) is 30.5 Å². The van der Waals surface area contributed by atoms with Gasteiger partial charge in [-0.3, -0.25) is 4.68 Å². The maximum absolute atomic E-state index is 4.48. The SMILES string of the molecule is Cc1cc(C)n(Cc2cncn2C2CC2)n1. The monoisotopic (exact) mass is 216 g/mol. The molecular formula is C12H16N4. The molecule has 0 saturated heterocycles. The van der Waals surface area contributed by atoms with Gasteiger partial charge in [0.2, 0.25) is 0 Å². The van der Waals surface area contributed by atoms with Crippen molar-refractivity contribution in [2.75, 3.05) is 0 Å². The van der Waals surface area contributed by atoms with Crippen LogP contribution in [0.5, 0.6) is 0 Å². The first-order valence-electron chi connectivity index (χ1n) is 5.76. The summed E-state index contributed by atoms with van der Waals surface area (Å²) >= 11 is 0. The summed E-state index contributed by atoms with van der Waals surface area (Å²) in [7, 11) is 0. The van der Waals surface area contributed by atoms with Gasteiger partial charge in [-0.2, -0.15) is 5.10 Å². The number of aryl methyl sites for hydroxylation is 2. The number of aromatic nitrogens is 4. The fourth-order valence-corrected chi connectivity index (χ4v) is 2.12. The lowest BCUT2D eigenvalue weighted by molar-refractivity contribution is 0.601. The fourth-order valence-electron chi connectivity index (χ4n) is 2.12. The molecule has 1 saturated carbocycles. The first-order valence-corrected chi connectivity index (χ1v) is 5.76. The summed E-state index contributed by atoms with van der Waals surface area (Å²) in [4.78, 5) is 4.24. The van der Waals surface area contributed by atoms with Gasteiger partial charge < -0.3 is 4.57 Å². The minimum absolute atomic E-state index is 0.689. The number of imidazole rings is 1. The number of rotatable bonds is 3. The van der Waals surface area contributed by atoms with Gasteiger partial charge in [0.25, 0.3) is 0 Å². The molecule has 1 aliphatic rings. The van der Waals surface area contributed by atoms with Crippen LogP contribution < -0.4 is 0 Å². The van der Waals surface area contributed by atoms with Gasteiger partial charge in [0.15, 0.2) is 0 Å². The third kappa shape index (κ3) is 1.64. The third-order valence-electron chi connectivity index (χ3n) is 3.10. The smallest absolute Gasteiger partial charge is 0.0951 e. The van der Waals surface area contributed by atoms with Crippen molar-refractivity contribution in [2.45, 2.75) is 39.3 Å². The van der Waals surface area contributed by atoms with E-state index in [9.17, 15) is 0 Å². The zero-order valence-corrected chi connectivity index (χ0v) is 9.72. The van der Waals surface area contributed by atoms with Gasteiger partial charge in [0.1, 0.15) is 0 Å². The maximum Gasteiger partial charge on any atom is 0.0951 e. The Bertz CT molecular complexity index is 505. The molecule has 0 aromatic carbocycles. The summed E-state index contributed by atoms with van der Waals surface area (Å²) < 4.78 is 4.34. The van der Waals surface area contributed by atoms with Crippen molar-refractivity contribution in [2.24, 2.45) is 0 Å². The molecule has 16 heavy (non-hydrogen) atoms. The first kappa shape index (κ1) is 9.63. The number of nitrogens with zero attached hydrogens (tertiary/aromatic N) is 4. The van der Waals surface area contributed by atoms with E-state index < -0.39 is 0 Å². The van der Waals surface area contributed by atoms with E-state index >= 15 is 0 Å². The second kappa shape index (κ2) is 3.47. The van der Waals surface area contributed by atoms with Crippen molar-refractivity contribution >= 4 is 0 Å². The molecule has 3 rings (SSSR count). The summed E-state index contributed by atoms with van der Waals surface area (Å²) in [6.07, 6.45) is 6.48. The second-order valence-electron chi connectivity index (χ2n) is 4.61. The molecule has 0 radical (unpaired) electrons. The minimum Gasteiger partial charge on any atom is -0.330 e. The zero-order valence-electron chi connectivity index (χ0n) is 9.72. The molecule has 0 spiro atoms. The van der Waals surface area contributed by atoms with Gasteiger partial charge in [0, 0.05) is 11.7 Å². The average molecular weight is 216 g/mol. The molecule has 4 heteroatoms. The van der Waals surface area contributed by atoms with E-state index in [1.165, 1.54) is 24.2 Å². The predicted octanol–water partition coefficient (Wildman–Crippen LogP) is 2.08. The Balaban J connectivity index is 1.88. The number of hydrogen-bond acceptors (Lipinski definition) is 2. The predicted molar refractivity (Wildman–Crippen MR) is 61.3 cm³/mol. The van der Waals surface area contributed by atoms with E-state index in [1.54, 1.807) is 0 Å². The highest BCUT2D eigenvalue weighted by Gasteiger charge is 2.25. The summed E-state index contributed by atoms with van der Waals surface area (Å²) in [6.45, 7) is 4.95. The van der Waals surface area contributed by atoms with Gasteiger partial charge in [-0.1, -0.05) is 0 Å². The Kier molecular flexibility index (Phi) is 2.09. The topological polar surface area (TPSA) is 35.6 Å². The molecule has 0 N–H and O–H groups in total. The molecule has 84 valence electrons. The van der Waals surface area contributed by atoms with E-state index in [1.807, 2.05) is 24.1 Å². The molecule has 4 nitrogen and oxygen atoms in total. The molecule has 0 bridgehead atoms. The Labute approximate surface area is 94.9 Å². The molecule has 2 aromatic heterocycles. The largest absolute Gasteiger partial charge is 0.330 e. The Hall–Kier alpha value is -1.58. The lowest BCUT2D eigenvalue weighted by Gasteiger charge is -2.07. The molecule has 1 aliphatic carbocycles. The Morgan fingerprint density at radius 1 is 1.38 bits per heavy atom. The highest BCUT2D eigenvalue weighted by molar-refractivity contribution is 5.10. The van der Waals surface area contributed by atoms with Crippen LogP contribution in [0.2, 0.25) is 0 Å². The van der Waals surface area contributed by atoms with Crippen LogP contribution in [0.25, 0.3) is 0 Å². The summed E-state index contributed by atoms with van der Waals surface area (Å²) in [6, 6.07) is 2.80. The van der Waals surface area contributed by atoms with E-state index in [4.69, 9.17) is 0 Å². The van der Waals surface area contributed by atoms with Crippen LogP contribution in [-0.2, 0) is 6.54 Å². The minimum atomic E-state index is 0.689. The molecule has 0 unspecified atom stereocenters. The van der Waals surface area contributed by atoms with Crippen molar-refractivity contribution in [3.8, 4) is 0 Å². The third-order valence-corrected chi connectivity index (χ3v) is 3.10. The van der Waals surface area contributed by atoms with Crippen molar-refractivity contribution in [3.05, 3.63) is 35.7 Å². The molecule has 2 heterocycles. The number of hydrogen-bond donors (Lipinski definition) is 0. The molecule has 2 aromatic rings. The lowest BCUT2D eigenvalue weighted by Crippen LogP contribution is -2.08. The fraction of sp³-hybridized carbons (Fsp3) is 0.500. The van der Waals surface area contributed by atoms with Crippen LogP contribution in [-0.4, -0.2) is 19.3 Å². The van der Waals surface area contributed by atoms with E-state index in [0.717, 1.165) is 12.2 Å². The van der Waals surface area contributed by atoms with Crippen molar-refractivity contribution in [3.63, 3.8) is 0 Å². The summed E-state index contributed by atoms with van der Waals surface area (Å²) in [5.41, 5.74) is 3.55. The van der Waals surface area contributed by atoms with Gasteiger partial charge in [-0.15, -0.1) is 0 Å². The van der Waals surface area contributed by atoms with Crippen LogP contribution in [0.15, 0.2) is 18.6 Å². The van der Waals surface area contributed by atoms with Crippen LogP contribution in [0.1, 0.15) is 36.0 Å². The quantitative estimate of drug-likeness (QED) is 0.787. The van der Waals surface area contributed by atoms with Crippen molar-refractivity contribution in [1.82, 2.24) is 19.3 Å². The highest BCUT2D eigenvalue weighted by Crippen LogP contribution is 2.35. The highest BCUT2D eigenvalue weighted by atomic mass is 15.3. The van der Waals surface area contributed by atoms with E-state index in [-0.39, 0.29) is 0 Å². The van der Waals surface area contributed by atoms with Crippen molar-refractivity contribution in [1.29, 1.82) is 0 Å². The van der Waals surface area contributed by atoms with Crippen molar-refractivity contribution < 1.29 is 0 Å². The van der Waals surface area contributed by atoms with Crippen LogP contribution in [0, 0.1) is 13.8 Å². The Morgan fingerprint density at radius 2 is 2.19 bits per heavy atom. The molecule has 1 fully saturated rings. The van der Waals surface area contributed by atoms with E-state index in [0.29, 0.717) is 6.04 Å². The Morgan fingerprint density at radius 3 is 2.81 bits per heavy atom. The lowest BCUT2D eigenvalue weighted by atomic mass is 10.4. The maximum atomic E-state index is 4.48. The zero-order chi connectivity index (χ0) is 11.1. The summed E-state index contributed by atoms with van der Waals surface area (Å²) in [5.74, 6) is 0. The van der Waals surface area contributed by atoms with Crippen LogP contribution >= 0.6 is 0 Å². The summed E-state index contributed by atoms with van der Waals surface area (Å²) in [5, 5.41) is 4.48. The second-order valence-corrected chi connectivity index (χ2v) is 4.61. The van der Waals surface area contributed by atoms with Crippen LogP contribution in [0.3, 0.4) is 0 Å². The molecule has 0 aliphatic heterocycles. The van der Waals surface area contributed by atoms with E-state index in [2.05, 4.69) is 27.6 Å². The molecule has 0 atom stereocenters. The molecular weight excluding hydrogens is 200 g/mol. The standard InChI is InChI=1S/C12H16N4/c1-9-5-10(2)16(14-9)7-12-6-13-8-15(12)11-3-4-11/h5-6,8,11H,3-4,7H2,1-2H3. The van der Waals surface area contributed by atoms with Crippen LogP contribution in [0.4, 0.5) is 0 Å². The first-order chi connectivity index (χ1) is 7.74. The van der Waals surface area contributed by atoms with Gasteiger partial charge >= 0.3 is 0 Å². The van der Waals surface area contributed by atoms with Gasteiger partial charge in [-0.25, -0.2) is 4.98 Å².